The van der Waals surface area contributed by atoms with Crippen molar-refractivity contribution in [2.24, 2.45) is 11.8 Å². The first-order valence-corrected chi connectivity index (χ1v) is 9.30. The van der Waals surface area contributed by atoms with E-state index in [1.165, 1.54) is 57.8 Å². The van der Waals surface area contributed by atoms with Crippen molar-refractivity contribution in [1.29, 1.82) is 0 Å². The van der Waals surface area contributed by atoms with Crippen molar-refractivity contribution in [2.75, 3.05) is 26.3 Å². The molecule has 2 aliphatic rings. The van der Waals surface area contributed by atoms with Crippen molar-refractivity contribution in [2.45, 2.75) is 78.0 Å². The minimum absolute atomic E-state index is 0.0560. The molecule has 0 unspecified atom stereocenters. The monoisotopic (exact) mass is 297 g/mol. The molecule has 0 aromatic rings. The Morgan fingerprint density at radius 2 is 1.43 bits per heavy atom. The molecule has 2 rings (SSSR count). The molecule has 0 bridgehead atoms. The van der Waals surface area contributed by atoms with Gasteiger partial charge in [-0.05, 0) is 25.2 Å². The molecule has 0 aliphatic carbocycles. The zero-order valence-electron chi connectivity index (χ0n) is 14.2. The first kappa shape index (κ1) is 17.2. The molecule has 21 heavy (non-hydrogen) atoms. The number of hydrogen-bond donors (Lipinski definition) is 0. The fourth-order valence-corrected chi connectivity index (χ4v) is 3.54. The fourth-order valence-electron chi connectivity index (χ4n) is 3.54. The van der Waals surface area contributed by atoms with Crippen LogP contribution in [0.3, 0.4) is 0 Å². The highest BCUT2D eigenvalue weighted by atomic mass is 16.7. The molecule has 0 amide bonds. The maximum atomic E-state index is 5.98. The van der Waals surface area contributed by atoms with Crippen molar-refractivity contribution in [1.82, 2.24) is 4.90 Å². The minimum Gasteiger partial charge on any atom is -0.339 e. The summed E-state index contributed by atoms with van der Waals surface area (Å²) >= 11 is 0. The number of unbranched alkanes of at least 4 members (excludes halogenated alkanes) is 3. The quantitative estimate of drug-likeness (QED) is 0.619. The molecule has 3 nitrogen and oxygen atoms in total. The third-order valence-electron chi connectivity index (χ3n) is 5.08. The van der Waals surface area contributed by atoms with E-state index >= 15 is 0 Å². The van der Waals surface area contributed by atoms with E-state index in [9.17, 15) is 0 Å². The van der Waals surface area contributed by atoms with Gasteiger partial charge in [0.2, 0.25) is 6.41 Å². The zero-order valence-corrected chi connectivity index (χ0v) is 14.2. The van der Waals surface area contributed by atoms with Gasteiger partial charge in [0, 0.05) is 19.0 Å². The van der Waals surface area contributed by atoms with Crippen LogP contribution in [0.2, 0.25) is 0 Å². The molecule has 2 saturated heterocycles. The SMILES string of the molecule is CCCCCC1COC(N2CCC(CCCC)CC2)OC1. The number of likely N-dealkylation sites (tertiary alicyclic amines) is 1. The molecule has 0 aromatic heterocycles. The van der Waals surface area contributed by atoms with Gasteiger partial charge in [-0.1, -0.05) is 52.4 Å². The van der Waals surface area contributed by atoms with Gasteiger partial charge in [0.15, 0.2) is 0 Å². The van der Waals surface area contributed by atoms with Crippen LogP contribution >= 0.6 is 0 Å². The number of rotatable bonds is 8. The Hall–Kier alpha value is -0.120. The summed E-state index contributed by atoms with van der Waals surface area (Å²) in [5.41, 5.74) is 0. The average Bonchev–Trinajstić information content (AvgIpc) is 2.54. The van der Waals surface area contributed by atoms with E-state index in [0.29, 0.717) is 5.92 Å². The number of nitrogens with zero attached hydrogens (tertiary/aromatic N) is 1. The van der Waals surface area contributed by atoms with Crippen LogP contribution in [-0.2, 0) is 9.47 Å². The molecule has 2 fully saturated rings. The highest BCUT2D eigenvalue weighted by molar-refractivity contribution is 4.74. The van der Waals surface area contributed by atoms with Crippen LogP contribution in [0.15, 0.2) is 0 Å². The van der Waals surface area contributed by atoms with E-state index in [1.807, 2.05) is 0 Å². The normalized spacial score (nSPS) is 28.9. The summed E-state index contributed by atoms with van der Waals surface area (Å²) in [6, 6.07) is 0. The van der Waals surface area contributed by atoms with E-state index in [-0.39, 0.29) is 6.41 Å². The van der Waals surface area contributed by atoms with Gasteiger partial charge in [-0.15, -0.1) is 0 Å². The van der Waals surface area contributed by atoms with E-state index in [0.717, 1.165) is 32.2 Å². The maximum Gasteiger partial charge on any atom is 0.218 e. The molecule has 0 spiro atoms. The summed E-state index contributed by atoms with van der Waals surface area (Å²) in [5.74, 6) is 1.56. The maximum absolute atomic E-state index is 5.98. The summed E-state index contributed by atoms with van der Waals surface area (Å²) in [4.78, 5) is 2.41. The van der Waals surface area contributed by atoms with E-state index in [2.05, 4.69) is 18.7 Å². The van der Waals surface area contributed by atoms with Crippen molar-refractivity contribution in [3.63, 3.8) is 0 Å². The summed E-state index contributed by atoms with van der Waals surface area (Å²) in [6.45, 7) is 8.64. The van der Waals surface area contributed by atoms with Crippen molar-refractivity contribution in [3.05, 3.63) is 0 Å². The van der Waals surface area contributed by atoms with Crippen LogP contribution in [0.5, 0.6) is 0 Å². The summed E-state index contributed by atoms with van der Waals surface area (Å²) in [5, 5.41) is 0. The highest BCUT2D eigenvalue weighted by Gasteiger charge is 2.30. The van der Waals surface area contributed by atoms with Crippen LogP contribution in [-0.4, -0.2) is 37.6 Å². The topological polar surface area (TPSA) is 21.7 Å². The second-order valence-electron chi connectivity index (χ2n) is 6.96. The summed E-state index contributed by atoms with van der Waals surface area (Å²) in [7, 11) is 0. The zero-order chi connectivity index (χ0) is 14.9. The van der Waals surface area contributed by atoms with E-state index in [4.69, 9.17) is 9.47 Å². The average molecular weight is 297 g/mol. The Kier molecular flexibility index (Phi) is 8.05. The van der Waals surface area contributed by atoms with Gasteiger partial charge in [0.25, 0.3) is 0 Å². The lowest BCUT2D eigenvalue weighted by atomic mass is 9.92. The van der Waals surface area contributed by atoms with Crippen LogP contribution in [0.25, 0.3) is 0 Å². The van der Waals surface area contributed by atoms with Crippen molar-refractivity contribution in [3.8, 4) is 0 Å². The Morgan fingerprint density at radius 1 is 0.810 bits per heavy atom. The molecule has 0 saturated carbocycles. The smallest absolute Gasteiger partial charge is 0.218 e. The standard InChI is InChI=1S/C18H35NO2/c1-3-5-7-9-17-14-20-18(21-15-17)19-12-10-16(11-13-19)8-6-4-2/h16-18H,3-15H2,1-2H3. The molecular formula is C18H35NO2. The summed E-state index contributed by atoms with van der Waals surface area (Å²) in [6.07, 6.45) is 11.9. The number of piperidine rings is 1. The van der Waals surface area contributed by atoms with Crippen LogP contribution < -0.4 is 0 Å². The molecule has 3 heteroatoms. The van der Waals surface area contributed by atoms with Gasteiger partial charge in [0.1, 0.15) is 0 Å². The van der Waals surface area contributed by atoms with Crippen LogP contribution in [0, 0.1) is 11.8 Å². The lowest BCUT2D eigenvalue weighted by Gasteiger charge is -2.40. The van der Waals surface area contributed by atoms with Gasteiger partial charge < -0.3 is 9.47 Å². The lowest BCUT2D eigenvalue weighted by molar-refractivity contribution is -0.272. The first-order valence-electron chi connectivity index (χ1n) is 9.30. The highest BCUT2D eigenvalue weighted by Crippen LogP contribution is 2.26. The predicted octanol–water partition coefficient (Wildman–Crippen LogP) is 4.42. The van der Waals surface area contributed by atoms with E-state index in [1.54, 1.807) is 0 Å². The molecule has 0 N–H and O–H groups in total. The van der Waals surface area contributed by atoms with Gasteiger partial charge in [-0.3, -0.25) is 4.90 Å². The Balaban J connectivity index is 1.60. The molecule has 2 aliphatic heterocycles. The minimum atomic E-state index is -0.0560. The van der Waals surface area contributed by atoms with Crippen LogP contribution in [0.1, 0.15) is 71.6 Å². The second kappa shape index (κ2) is 9.81. The molecule has 124 valence electrons. The van der Waals surface area contributed by atoms with Crippen LogP contribution in [0.4, 0.5) is 0 Å². The number of hydrogen-bond acceptors (Lipinski definition) is 3. The van der Waals surface area contributed by atoms with Gasteiger partial charge in [-0.25, -0.2) is 0 Å². The largest absolute Gasteiger partial charge is 0.339 e. The Morgan fingerprint density at radius 3 is 2.05 bits per heavy atom. The third-order valence-corrected chi connectivity index (χ3v) is 5.08. The molecule has 2 heterocycles. The molecular weight excluding hydrogens is 262 g/mol. The van der Waals surface area contributed by atoms with Gasteiger partial charge >= 0.3 is 0 Å². The lowest BCUT2D eigenvalue weighted by Crippen LogP contribution is -2.48. The Labute approximate surface area is 131 Å². The molecule has 0 atom stereocenters. The van der Waals surface area contributed by atoms with Crippen molar-refractivity contribution >= 4 is 0 Å². The van der Waals surface area contributed by atoms with Gasteiger partial charge in [0.05, 0.1) is 13.2 Å². The van der Waals surface area contributed by atoms with Gasteiger partial charge in [-0.2, -0.15) is 0 Å². The predicted molar refractivity (Wildman–Crippen MR) is 87.1 cm³/mol. The van der Waals surface area contributed by atoms with Crippen molar-refractivity contribution < 1.29 is 9.47 Å². The fraction of sp³-hybridized carbons (Fsp3) is 1.00. The van der Waals surface area contributed by atoms with E-state index < -0.39 is 0 Å². The molecule has 0 aromatic carbocycles. The molecule has 0 radical (unpaired) electrons. The third kappa shape index (κ3) is 5.88. The summed E-state index contributed by atoms with van der Waals surface area (Å²) < 4.78 is 12.0. The number of ether oxygens (including phenoxy) is 2. The first-order chi connectivity index (χ1) is 10.3. The Bertz CT molecular complexity index is 256. The second-order valence-corrected chi connectivity index (χ2v) is 6.96.